The molecule has 0 N–H and O–H groups in total. The van der Waals surface area contributed by atoms with E-state index >= 15 is 0 Å². The van der Waals surface area contributed by atoms with Crippen LogP contribution < -0.4 is 0 Å². The SMILES string of the molecule is O=S1(=O)CCC(Cc2nc(C3CCOCC3)nn2-c2ccncc2)C1. The van der Waals surface area contributed by atoms with Crippen LogP contribution in [0.3, 0.4) is 0 Å². The summed E-state index contributed by atoms with van der Waals surface area (Å²) in [5.41, 5.74) is 0.914. The van der Waals surface area contributed by atoms with Crippen molar-refractivity contribution < 1.29 is 13.2 Å². The Hall–Kier alpha value is -1.80. The number of aromatic nitrogens is 4. The maximum absolute atomic E-state index is 11.8. The molecule has 0 aliphatic carbocycles. The molecule has 4 heterocycles. The van der Waals surface area contributed by atoms with E-state index in [1.54, 1.807) is 12.4 Å². The molecule has 0 aromatic carbocycles. The number of rotatable bonds is 4. The minimum absolute atomic E-state index is 0.123. The Morgan fingerprint density at radius 1 is 1.16 bits per heavy atom. The highest BCUT2D eigenvalue weighted by atomic mass is 32.2. The van der Waals surface area contributed by atoms with Crippen molar-refractivity contribution >= 4 is 9.84 Å². The highest BCUT2D eigenvalue weighted by Crippen LogP contribution is 2.27. The van der Waals surface area contributed by atoms with E-state index in [4.69, 9.17) is 14.8 Å². The van der Waals surface area contributed by atoms with E-state index < -0.39 is 9.84 Å². The number of hydrogen-bond donors (Lipinski definition) is 0. The average molecular weight is 362 g/mol. The van der Waals surface area contributed by atoms with Crippen molar-refractivity contribution in [3.8, 4) is 5.69 Å². The zero-order valence-corrected chi connectivity index (χ0v) is 14.9. The standard InChI is InChI=1S/C17H22N4O3S/c22-25(23)10-5-13(12-25)11-16-19-17(14-3-8-24-9-4-14)20-21(16)15-1-6-18-7-2-15/h1-2,6-7,13-14H,3-5,8-12H2. The zero-order chi connectivity index (χ0) is 17.3. The van der Waals surface area contributed by atoms with Crippen LogP contribution in [0.4, 0.5) is 0 Å². The van der Waals surface area contributed by atoms with Crippen LogP contribution in [0.15, 0.2) is 24.5 Å². The highest BCUT2D eigenvalue weighted by molar-refractivity contribution is 7.91. The Morgan fingerprint density at radius 3 is 2.60 bits per heavy atom. The second kappa shape index (κ2) is 6.84. The Kier molecular flexibility index (Phi) is 4.56. The molecule has 2 aromatic rings. The molecule has 0 amide bonds. The summed E-state index contributed by atoms with van der Waals surface area (Å²) in [6.45, 7) is 1.48. The molecule has 25 heavy (non-hydrogen) atoms. The Balaban J connectivity index is 1.64. The van der Waals surface area contributed by atoms with E-state index in [1.807, 2.05) is 16.8 Å². The first-order chi connectivity index (χ1) is 12.1. The fraction of sp³-hybridized carbons (Fsp3) is 0.588. The lowest BCUT2D eigenvalue weighted by molar-refractivity contribution is 0.0836. The molecular formula is C17H22N4O3S. The quantitative estimate of drug-likeness (QED) is 0.820. The first-order valence-electron chi connectivity index (χ1n) is 8.75. The molecule has 1 unspecified atom stereocenters. The Labute approximate surface area is 147 Å². The second-order valence-electron chi connectivity index (χ2n) is 6.86. The predicted octanol–water partition coefficient (Wildman–Crippen LogP) is 1.53. The van der Waals surface area contributed by atoms with Crippen molar-refractivity contribution in [3.05, 3.63) is 36.2 Å². The van der Waals surface area contributed by atoms with Gasteiger partial charge in [0.05, 0.1) is 17.2 Å². The topological polar surface area (TPSA) is 87.0 Å². The van der Waals surface area contributed by atoms with Crippen LogP contribution in [0.1, 0.15) is 36.8 Å². The molecule has 2 saturated heterocycles. The minimum atomic E-state index is -2.89. The molecule has 2 aliphatic rings. The van der Waals surface area contributed by atoms with Crippen LogP contribution in [-0.2, 0) is 21.0 Å². The van der Waals surface area contributed by atoms with Gasteiger partial charge in [0.15, 0.2) is 15.7 Å². The van der Waals surface area contributed by atoms with Crippen molar-refractivity contribution in [2.75, 3.05) is 24.7 Å². The summed E-state index contributed by atoms with van der Waals surface area (Å²) in [7, 11) is -2.89. The maximum Gasteiger partial charge on any atom is 0.154 e. The van der Waals surface area contributed by atoms with Gasteiger partial charge in [0, 0.05) is 37.9 Å². The summed E-state index contributed by atoms with van der Waals surface area (Å²) in [6.07, 6.45) is 6.66. The third-order valence-electron chi connectivity index (χ3n) is 4.98. The summed E-state index contributed by atoms with van der Waals surface area (Å²) in [4.78, 5) is 8.86. The van der Waals surface area contributed by atoms with Crippen molar-refractivity contribution in [3.63, 3.8) is 0 Å². The Morgan fingerprint density at radius 2 is 1.92 bits per heavy atom. The van der Waals surface area contributed by atoms with Crippen molar-refractivity contribution in [1.82, 2.24) is 19.7 Å². The van der Waals surface area contributed by atoms with E-state index in [1.165, 1.54) is 0 Å². The summed E-state index contributed by atoms with van der Waals surface area (Å²) in [5, 5.41) is 4.76. The maximum atomic E-state index is 11.8. The summed E-state index contributed by atoms with van der Waals surface area (Å²) in [5.74, 6) is 2.66. The van der Waals surface area contributed by atoms with Gasteiger partial charge < -0.3 is 4.74 Å². The van der Waals surface area contributed by atoms with Crippen LogP contribution in [0.5, 0.6) is 0 Å². The molecule has 7 nitrogen and oxygen atoms in total. The van der Waals surface area contributed by atoms with Crippen LogP contribution in [0, 0.1) is 5.92 Å². The number of hydrogen-bond acceptors (Lipinski definition) is 6. The molecule has 0 bridgehead atoms. The molecule has 134 valence electrons. The smallest absolute Gasteiger partial charge is 0.154 e. The third-order valence-corrected chi connectivity index (χ3v) is 6.82. The van der Waals surface area contributed by atoms with E-state index in [-0.39, 0.29) is 17.4 Å². The average Bonchev–Trinajstić information content (AvgIpc) is 3.20. The zero-order valence-electron chi connectivity index (χ0n) is 14.0. The highest BCUT2D eigenvalue weighted by Gasteiger charge is 2.30. The van der Waals surface area contributed by atoms with Gasteiger partial charge in [0.2, 0.25) is 0 Å². The largest absolute Gasteiger partial charge is 0.381 e. The van der Waals surface area contributed by atoms with Crippen LogP contribution >= 0.6 is 0 Å². The number of pyridine rings is 1. The molecular weight excluding hydrogens is 340 g/mol. The van der Waals surface area contributed by atoms with Crippen LogP contribution in [0.2, 0.25) is 0 Å². The molecule has 2 fully saturated rings. The monoisotopic (exact) mass is 362 g/mol. The van der Waals surface area contributed by atoms with Crippen molar-refractivity contribution in [2.45, 2.75) is 31.6 Å². The van der Waals surface area contributed by atoms with Gasteiger partial charge in [0.25, 0.3) is 0 Å². The van der Waals surface area contributed by atoms with Gasteiger partial charge in [0.1, 0.15) is 5.82 Å². The van der Waals surface area contributed by atoms with Gasteiger partial charge >= 0.3 is 0 Å². The molecule has 1 atom stereocenters. The van der Waals surface area contributed by atoms with Crippen molar-refractivity contribution in [2.24, 2.45) is 5.92 Å². The molecule has 2 aromatic heterocycles. The molecule has 4 rings (SSSR count). The van der Waals surface area contributed by atoms with Gasteiger partial charge in [-0.1, -0.05) is 0 Å². The summed E-state index contributed by atoms with van der Waals surface area (Å²) in [6, 6.07) is 3.80. The molecule has 0 saturated carbocycles. The van der Waals surface area contributed by atoms with E-state index in [0.29, 0.717) is 18.8 Å². The lowest BCUT2D eigenvalue weighted by atomic mass is 10.00. The third kappa shape index (κ3) is 3.74. The predicted molar refractivity (Wildman–Crippen MR) is 92.4 cm³/mol. The van der Waals surface area contributed by atoms with Gasteiger partial charge in [-0.05, 0) is 37.3 Å². The molecule has 0 spiro atoms. The summed E-state index contributed by atoms with van der Waals surface area (Å²) < 4.78 is 30.8. The van der Waals surface area contributed by atoms with Crippen LogP contribution in [0.25, 0.3) is 5.69 Å². The van der Waals surface area contributed by atoms with Gasteiger partial charge in [-0.25, -0.2) is 18.1 Å². The fourth-order valence-electron chi connectivity index (χ4n) is 3.61. The molecule has 0 radical (unpaired) electrons. The van der Waals surface area contributed by atoms with Gasteiger partial charge in [-0.15, -0.1) is 0 Å². The fourth-order valence-corrected chi connectivity index (χ4v) is 5.47. The minimum Gasteiger partial charge on any atom is -0.381 e. The number of sulfone groups is 1. The lowest BCUT2D eigenvalue weighted by Crippen LogP contribution is -2.15. The lowest BCUT2D eigenvalue weighted by Gasteiger charge is -2.18. The molecule has 2 aliphatic heterocycles. The van der Waals surface area contributed by atoms with Crippen molar-refractivity contribution in [1.29, 1.82) is 0 Å². The summed E-state index contributed by atoms with van der Waals surface area (Å²) >= 11 is 0. The van der Waals surface area contributed by atoms with Gasteiger partial charge in [-0.3, -0.25) is 4.98 Å². The number of ether oxygens (including phenoxy) is 1. The number of nitrogens with zero attached hydrogens (tertiary/aromatic N) is 4. The van der Waals surface area contributed by atoms with E-state index in [0.717, 1.165) is 43.4 Å². The second-order valence-corrected chi connectivity index (χ2v) is 9.09. The van der Waals surface area contributed by atoms with E-state index in [9.17, 15) is 8.42 Å². The first-order valence-corrected chi connectivity index (χ1v) is 10.6. The normalized spacial score (nSPS) is 23.8. The molecule has 8 heteroatoms. The Bertz CT molecular complexity index is 829. The van der Waals surface area contributed by atoms with Crippen LogP contribution in [-0.4, -0.2) is 52.9 Å². The van der Waals surface area contributed by atoms with E-state index in [2.05, 4.69) is 4.98 Å². The van der Waals surface area contributed by atoms with Gasteiger partial charge in [-0.2, -0.15) is 5.10 Å². The first kappa shape index (κ1) is 16.7.